The Hall–Kier alpha value is -3.06. The van der Waals surface area contributed by atoms with Gasteiger partial charge < -0.3 is 10.1 Å². The molecule has 1 N–H and O–H groups in total. The van der Waals surface area contributed by atoms with Crippen molar-refractivity contribution >= 4 is 46.7 Å². The van der Waals surface area contributed by atoms with Crippen LogP contribution in [0.3, 0.4) is 0 Å². The van der Waals surface area contributed by atoms with Crippen molar-refractivity contribution in [3.63, 3.8) is 0 Å². The number of hydrogen-bond donors (Lipinski definition) is 1. The predicted molar refractivity (Wildman–Crippen MR) is 109 cm³/mol. The van der Waals surface area contributed by atoms with E-state index in [2.05, 4.69) is 17.2 Å². The van der Waals surface area contributed by atoms with Gasteiger partial charge in [-0.2, -0.15) is 0 Å². The molecular formula is C20H19N3O3S. The van der Waals surface area contributed by atoms with Gasteiger partial charge in [-0.05, 0) is 48.5 Å². The molecule has 1 aliphatic rings. The zero-order chi connectivity index (χ0) is 19.4. The third-order valence-corrected chi connectivity index (χ3v) is 4.54. The van der Waals surface area contributed by atoms with Crippen LogP contribution in [0.1, 0.15) is 12.5 Å². The molecule has 2 amide bonds. The van der Waals surface area contributed by atoms with Crippen molar-refractivity contribution in [1.29, 1.82) is 0 Å². The van der Waals surface area contributed by atoms with Crippen molar-refractivity contribution in [2.24, 2.45) is 10.9 Å². The van der Waals surface area contributed by atoms with E-state index < -0.39 is 17.7 Å². The van der Waals surface area contributed by atoms with E-state index in [1.807, 2.05) is 30.3 Å². The number of benzene rings is 2. The number of rotatable bonds is 5. The zero-order valence-corrected chi connectivity index (χ0v) is 15.8. The number of para-hydroxylation sites is 2. The minimum atomic E-state index is -1.08. The van der Waals surface area contributed by atoms with Crippen LogP contribution in [0.4, 0.5) is 11.4 Å². The van der Waals surface area contributed by atoms with E-state index in [0.717, 1.165) is 12.0 Å². The highest BCUT2D eigenvalue weighted by molar-refractivity contribution is 7.80. The Bertz CT molecular complexity index is 909. The third-order valence-electron chi connectivity index (χ3n) is 4.25. The van der Waals surface area contributed by atoms with Gasteiger partial charge in [0.1, 0.15) is 11.4 Å². The molecule has 0 aromatic heterocycles. The van der Waals surface area contributed by atoms with Gasteiger partial charge >= 0.3 is 0 Å². The van der Waals surface area contributed by atoms with Gasteiger partial charge in [0.05, 0.1) is 12.8 Å². The number of amides is 2. The highest BCUT2D eigenvalue weighted by Gasteiger charge is 2.38. The number of methoxy groups -OCH3 is 1. The molecule has 1 fully saturated rings. The summed E-state index contributed by atoms with van der Waals surface area (Å²) in [7, 11) is 1.53. The SMILES string of the molecule is CCc1ccc(N2C(=O)[C@H](C=Nc3ccccc3OC)C(=O)NC2=S)cc1. The van der Waals surface area contributed by atoms with Crippen LogP contribution < -0.4 is 15.0 Å². The molecule has 2 aromatic carbocycles. The summed E-state index contributed by atoms with van der Waals surface area (Å²) in [5.74, 6) is -1.45. The van der Waals surface area contributed by atoms with Crippen LogP contribution in [0, 0.1) is 5.92 Å². The van der Waals surface area contributed by atoms with E-state index in [1.54, 1.807) is 18.2 Å². The molecule has 0 aliphatic carbocycles. The van der Waals surface area contributed by atoms with Crippen LogP contribution in [-0.2, 0) is 16.0 Å². The molecule has 1 aliphatic heterocycles. The van der Waals surface area contributed by atoms with E-state index in [4.69, 9.17) is 17.0 Å². The van der Waals surface area contributed by atoms with Crippen molar-refractivity contribution < 1.29 is 14.3 Å². The highest BCUT2D eigenvalue weighted by atomic mass is 32.1. The molecule has 0 spiro atoms. The molecule has 2 aromatic rings. The minimum absolute atomic E-state index is 0.0659. The molecule has 0 radical (unpaired) electrons. The van der Waals surface area contributed by atoms with Crippen LogP contribution in [0.5, 0.6) is 5.75 Å². The smallest absolute Gasteiger partial charge is 0.251 e. The largest absolute Gasteiger partial charge is 0.494 e. The number of aliphatic imine (C=N–C) groups is 1. The highest BCUT2D eigenvalue weighted by Crippen LogP contribution is 2.27. The molecule has 1 heterocycles. The topological polar surface area (TPSA) is 71.0 Å². The second-order valence-corrected chi connectivity index (χ2v) is 6.30. The molecule has 27 heavy (non-hydrogen) atoms. The maximum atomic E-state index is 12.9. The van der Waals surface area contributed by atoms with Crippen LogP contribution in [-0.4, -0.2) is 30.3 Å². The number of carbonyl (C=O) groups excluding carboxylic acids is 2. The Morgan fingerprint density at radius 1 is 1.19 bits per heavy atom. The fourth-order valence-corrected chi connectivity index (χ4v) is 3.03. The Morgan fingerprint density at radius 2 is 1.89 bits per heavy atom. The molecule has 3 rings (SSSR count). The zero-order valence-electron chi connectivity index (χ0n) is 15.0. The number of nitrogens with zero attached hydrogens (tertiary/aromatic N) is 2. The van der Waals surface area contributed by atoms with Crippen molar-refractivity contribution in [1.82, 2.24) is 5.32 Å². The number of anilines is 1. The lowest BCUT2D eigenvalue weighted by molar-refractivity contribution is -0.130. The van der Waals surface area contributed by atoms with Gasteiger partial charge in [0, 0.05) is 6.21 Å². The van der Waals surface area contributed by atoms with Crippen molar-refractivity contribution in [2.45, 2.75) is 13.3 Å². The Labute approximate surface area is 162 Å². The lowest BCUT2D eigenvalue weighted by Gasteiger charge is -2.31. The van der Waals surface area contributed by atoms with Crippen molar-refractivity contribution in [3.8, 4) is 5.75 Å². The van der Waals surface area contributed by atoms with E-state index in [1.165, 1.54) is 18.2 Å². The summed E-state index contributed by atoms with van der Waals surface area (Å²) in [5.41, 5.74) is 2.29. The summed E-state index contributed by atoms with van der Waals surface area (Å²) in [4.78, 5) is 30.8. The number of hydrogen-bond acceptors (Lipinski definition) is 5. The maximum absolute atomic E-state index is 12.9. The van der Waals surface area contributed by atoms with Gasteiger partial charge in [0.25, 0.3) is 5.91 Å². The van der Waals surface area contributed by atoms with Gasteiger partial charge in [-0.25, -0.2) is 0 Å². The summed E-state index contributed by atoms with van der Waals surface area (Å²) in [6, 6.07) is 14.6. The fraction of sp³-hybridized carbons (Fsp3) is 0.200. The van der Waals surface area contributed by atoms with Gasteiger partial charge in [-0.1, -0.05) is 31.2 Å². The standard InChI is InChI=1S/C20H19N3O3S/c1-3-13-8-10-14(11-9-13)23-19(25)15(18(24)22-20(23)27)12-21-16-6-4-5-7-17(16)26-2/h4-12,15H,3H2,1-2H3,(H,22,24,27)/t15-/m1/s1. The maximum Gasteiger partial charge on any atom is 0.251 e. The number of nitrogens with one attached hydrogen (secondary N) is 1. The molecule has 0 bridgehead atoms. The molecule has 7 heteroatoms. The molecule has 0 saturated carbocycles. The molecule has 1 saturated heterocycles. The summed E-state index contributed by atoms with van der Waals surface area (Å²) in [6.07, 6.45) is 2.22. The summed E-state index contributed by atoms with van der Waals surface area (Å²) >= 11 is 5.20. The fourth-order valence-electron chi connectivity index (χ4n) is 2.74. The van der Waals surface area contributed by atoms with Gasteiger partial charge in [-0.3, -0.25) is 19.5 Å². The molecule has 6 nitrogen and oxygen atoms in total. The number of carbonyl (C=O) groups is 2. The van der Waals surface area contributed by atoms with E-state index >= 15 is 0 Å². The molecular weight excluding hydrogens is 362 g/mol. The average molecular weight is 381 g/mol. The lowest BCUT2D eigenvalue weighted by atomic mass is 10.1. The predicted octanol–water partition coefficient (Wildman–Crippen LogP) is 3.02. The quantitative estimate of drug-likeness (QED) is 0.491. The van der Waals surface area contributed by atoms with Crippen molar-refractivity contribution in [3.05, 3.63) is 54.1 Å². The summed E-state index contributed by atoms with van der Waals surface area (Å²) < 4.78 is 5.24. The van der Waals surface area contributed by atoms with E-state index in [0.29, 0.717) is 17.1 Å². The molecule has 138 valence electrons. The number of thiocarbonyl (C=S) groups is 1. The molecule has 0 unspecified atom stereocenters. The first kappa shape index (κ1) is 18.7. The van der Waals surface area contributed by atoms with Crippen LogP contribution in [0.2, 0.25) is 0 Å². The van der Waals surface area contributed by atoms with Crippen LogP contribution in [0.15, 0.2) is 53.5 Å². The minimum Gasteiger partial charge on any atom is -0.494 e. The number of aryl methyl sites for hydroxylation is 1. The monoisotopic (exact) mass is 381 g/mol. The van der Waals surface area contributed by atoms with Gasteiger partial charge in [-0.15, -0.1) is 0 Å². The number of ether oxygens (including phenoxy) is 1. The first-order valence-corrected chi connectivity index (χ1v) is 8.91. The first-order valence-electron chi connectivity index (χ1n) is 8.50. The Kier molecular flexibility index (Phi) is 5.61. The molecule has 1 atom stereocenters. The second-order valence-electron chi connectivity index (χ2n) is 5.92. The third kappa shape index (κ3) is 3.88. The normalized spacial score (nSPS) is 17.3. The summed E-state index contributed by atoms with van der Waals surface area (Å²) in [6.45, 7) is 2.05. The van der Waals surface area contributed by atoms with Crippen LogP contribution >= 0.6 is 12.2 Å². The summed E-state index contributed by atoms with van der Waals surface area (Å²) in [5, 5.41) is 2.64. The lowest BCUT2D eigenvalue weighted by Crippen LogP contribution is -2.58. The van der Waals surface area contributed by atoms with Crippen molar-refractivity contribution in [2.75, 3.05) is 12.0 Å². The first-order chi connectivity index (χ1) is 13.0. The van der Waals surface area contributed by atoms with Gasteiger partial charge in [0.2, 0.25) is 5.91 Å². The second kappa shape index (κ2) is 8.09. The van der Waals surface area contributed by atoms with Crippen LogP contribution in [0.25, 0.3) is 0 Å². The van der Waals surface area contributed by atoms with E-state index in [-0.39, 0.29) is 5.11 Å². The Morgan fingerprint density at radius 3 is 2.56 bits per heavy atom. The Balaban J connectivity index is 1.89. The average Bonchev–Trinajstić information content (AvgIpc) is 2.68. The van der Waals surface area contributed by atoms with E-state index in [9.17, 15) is 9.59 Å². The van der Waals surface area contributed by atoms with Gasteiger partial charge in [0.15, 0.2) is 11.0 Å².